The van der Waals surface area contributed by atoms with Crippen LogP contribution in [0.1, 0.15) is 22.7 Å². The molecule has 2 amide bonds. The van der Waals surface area contributed by atoms with E-state index in [2.05, 4.69) is 17.2 Å². The maximum absolute atomic E-state index is 11.8. The van der Waals surface area contributed by atoms with E-state index in [-0.39, 0.29) is 6.03 Å². The zero-order valence-electron chi connectivity index (χ0n) is 11.8. The normalized spacial score (nSPS) is 16.7. The van der Waals surface area contributed by atoms with Gasteiger partial charge in [0.1, 0.15) is 5.01 Å². The van der Waals surface area contributed by atoms with Gasteiger partial charge in [0.2, 0.25) is 0 Å². The maximum Gasteiger partial charge on any atom is 0.319 e. The second-order valence-electron chi connectivity index (χ2n) is 5.18. The molecule has 1 saturated heterocycles. The summed E-state index contributed by atoms with van der Waals surface area (Å²) in [6.45, 7) is 4.59. The van der Waals surface area contributed by atoms with E-state index in [1.165, 1.54) is 4.88 Å². The van der Waals surface area contributed by atoms with Crippen LogP contribution >= 0.6 is 11.3 Å². The quantitative estimate of drug-likeness (QED) is 0.918. The number of hydrogen-bond donors (Lipinski definition) is 1. The number of likely N-dealkylation sites (tertiary alicyclic amines) is 1. The Kier molecular flexibility index (Phi) is 4.76. The van der Waals surface area contributed by atoms with Crippen molar-refractivity contribution in [2.24, 2.45) is 0 Å². The third-order valence-electron chi connectivity index (χ3n) is 3.36. The molecule has 0 unspecified atom stereocenters. The fraction of sp³-hybridized carbons (Fsp3) is 0.692. The predicted octanol–water partition coefficient (Wildman–Crippen LogP) is 1.69. The maximum atomic E-state index is 11.8. The first kappa shape index (κ1) is 14.3. The fourth-order valence-corrected chi connectivity index (χ4v) is 3.01. The number of thiazole rings is 1. The van der Waals surface area contributed by atoms with Crippen LogP contribution in [0.3, 0.4) is 0 Å². The van der Waals surface area contributed by atoms with Crippen molar-refractivity contribution >= 4 is 17.4 Å². The summed E-state index contributed by atoms with van der Waals surface area (Å²) in [5.74, 6) is 0. The highest BCUT2D eigenvalue weighted by atomic mass is 32.1. The Bertz CT molecular complexity index is 424. The van der Waals surface area contributed by atoms with Gasteiger partial charge in [0.05, 0.1) is 0 Å². The van der Waals surface area contributed by atoms with Crippen LogP contribution in [0.2, 0.25) is 0 Å². The topological polar surface area (TPSA) is 48.5 Å². The molecule has 1 N–H and O–H groups in total. The van der Waals surface area contributed by atoms with Gasteiger partial charge >= 0.3 is 6.03 Å². The molecule has 5 nitrogen and oxygen atoms in total. The summed E-state index contributed by atoms with van der Waals surface area (Å²) in [7, 11) is 3.61. The first-order valence-corrected chi connectivity index (χ1v) is 7.49. The number of urea groups is 1. The van der Waals surface area contributed by atoms with Gasteiger partial charge in [-0.15, -0.1) is 11.3 Å². The lowest BCUT2D eigenvalue weighted by molar-refractivity contribution is 0.152. The van der Waals surface area contributed by atoms with Crippen molar-refractivity contribution in [1.82, 2.24) is 20.1 Å². The van der Waals surface area contributed by atoms with E-state index in [4.69, 9.17) is 0 Å². The number of nitrogens with one attached hydrogen (secondary N) is 1. The van der Waals surface area contributed by atoms with E-state index in [0.29, 0.717) is 6.04 Å². The molecular formula is C13H22N4OS. The molecule has 2 heterocycles. The van der Waals surface area contributed by atoms with Crippen LogP contribution in [-0.2, 0) is 6.54 Å². The Balaban J connectivity index is 1.73. The Morgan fingerprint density at radius 1 is 1.53 bits per heavy atom. The molecule has 1 aromatic heterocycles. The van der Waals surface area contributed by atoms with E-state index in [1.807, 2.05) is 11.1 Å². The van der Waals surface area contributed by atoms with Crippen LogP contribution in [0.25, 0.3) is 0 Å². The monoisotopic (exact) mass is 282 g/mol. The highest BCUT2D eigenvalue weighted by Crippen LogP contribution is 2.14. The molecule has 0 aliphatic carbocycles. The summed E-state index contributed by atoms with van der Waals surface area (Å²) >= 11 is 1.74. The highest BCUT2D eigenvalue weighted by molar-refractivity contribution is 7.11. The highest BCUT2D eigenvalue weighted by Gasteiger charge is 2.23. The first-order chi connectivity index (χ1) is 9.06. The zero-order chi connectivity index (χ0) is 13.8. The molecular weight excluding hydrogens is 260 g/mol. The number of aryl methyl sites for hydroxylation is 1. The van der Waals surface area contributed by atoms with Crippen molar-refractivity contribution in [2.45, 2.75) is 32.4 Å². The van der Waals surface area contributed by atoms with Gasteiger partial charge in [0.25, 0.3) is 0 Å². The Morgan fingerprint density at radius 3 is 2.74 bits per heavy atom. The third kappa shape index (κ3) is 3.91. The second kappa shape index (κ2) is 6.34. The SMILES string of the molecule is Cc1cnc(CNC2CCN(C(=O)N(C)C)CC2)s1. The standard InChI is InChI=1S/C13H22N4OS/c1-10-8-15-12(19-10)9-14-11-4-6-17(7-5-11)13(18)16(2)3/h8,11,14H,4-7,9H2,1-3H3. The van der Waals surface area contributed by atoms with Crippen LogP contribution < -0.4 is 5.32 Å². The van der Waals surface area contributed by atoms with Crippen LogP contribution in [0.4, 0.5) is 4.79 Å². The zero-order valence-corrected chi connectivity index (χ0v) is 12.7. The summed E-state index contributed by atoms with van der Waals surface area (Å²) < 4.78 is 0. The van der Waals surface area contributed by atoms with Crippen LogP contribution in [0.15, 0.2) is 6.20 Å². The third-order valence-corrected chi connectivity index (χ3v) is 4.27. The molecule has 0 radical (unpaired) electrons. The molecule has 106 valence electrons. The smallest absolute Gasteiger partial charge is 0.319 e. The largest absolute Gasteiger partial charge is 0.331 e. The number of aromatic nitrogens is 1. The van der Waals surface area contributed by atoms with Crippen molar-refractivity contribution in [2.75, 3.05) is 27.2 Å². The number of rotatable bonds is 3. The van der Waals surface area contributed by atoms with Gasteiger partial charge in [-0.1, -0.05) is 0 Å². The number of nitrogens with zero attached hydrogens (tertiary/aromatic N) is 3. The van der Waals surface area contributed by atoms with E-state index in [1.54, 1.807) is 30.3 Å². The van der Waals surface area contributed by atoms with Gasteiger partial charge in [0, 0.05) is 50.8 Å². The van der Waals surface area contributed by atoms with Crippen LogP contribution in [0, 0.1) is 6.92 Å². The summed E-state index contributed by atoms with van der Waals surface area (Å²) in [4.78, 5) is 21.0. The first-order valence-electron chi connectivity index (χ1n) is 6.67. The van der Waals surface area contributed by atoms with E-state index < -0.39 is 0 Å². The summed E-state index contributed by atoms with van der Waals surface area (Å²) in [5.41, 5.74) is 0. The molecule has 0 saturated carbocycles. The predicted molar refractivity (Wildman–Crippen MR) is 77.4 cm³/mol. The molecule has 19 heavy (non-hydrogen) atoms. The lowest BCUT2D eigenvalue weighted by Gasteiger charge is -2.33. The average molecular weight is 282 g/mol. The summed E-state index contributed by atoms with van der Waals surface area (Å²) in [5, 5.41) is 4.68. The molecule has 0 bridgehead atoms. The minimum Gasteiger partial charge on any atom is -0.331 e. The van der Waals surface area contributed by atoms with E-state index >= 15 is 0 Å². The molecule has 0 aromatic carbocycles. The van der Waals surface area contributed by atoms with E-state index in [0.717, 1.165) is 37.5 Å². The molecule has 6 heteroatoms. The lowest BCUT2D eigenvalue weighted by atomic mass is 10.1. The van der Waals surface area contributed by atoms with Gasteiger partial charge in [0.15, 0.2) is 0 Å². The number of carbonyl (C=O) groups excluding carboxylic acids is 1. The summed E-state index contributed by atoms with van der Waals surface area (Å²) in [6, 6.07) is 0.615. The Labute approximate surface area is 118 Å². The Morgan fingerprint density at radius 2 is 2.21 bits per heavy atom. The van der Waals surface area contributed by atoms with Gasteiger partial charge in [-0.25, -0.2) is 9.78 Å². The van der Waals surface area contributed by atoms with E-state index in [9.17, 15) is 4.79 Å². The van der Waals surface area contributed by atoms with Crippen molar-refractivity contribution < 1.29 is 4.79 Å². The van der Waals surface area contributed by atoms with Gasteiger partial charge in [-0.05, 0) is 19.8 Å². The molecule has 1 aliphatic heterocycles. The Hall–Kier alpha value is -1.14. The summed E-state index contributed by atoms with van der Waals surface area (Å²) in [6.07, 6.45) is 3.95. The van der Waals surface area contributed by atoms with Gasteiger partial charge in [-0.2, -0.15) is 0 Å². The second-order valence-corrected chi connectivity index (χ2v) is 6.50. The fourth-order valence-electron chi connectivity index (χ4n) is 2.27. The minimum atomic E-state index is 0.119. The molecule has 1 aromatic rings. The molecule has 1 fully saturated rings. The lowest BCUT2D eigenvalue weighted by Crippen LogP contribution is -2.47. The molecule has 2 rings (SSSR count). The average Bonchev–Trinajstić information content (AvgIpc) is 2.82. The van der Waals surface area contributed by atoms with Crippen LogP contribution in [-0.4, -0.2) is 54.0 Å². The molecule has 1 aliphatic rings. The molecule has 0 atom stereocenters. The number of piperidine rings is 1. The number of carbonyl (C=O) groups is 1. The van der Waals surface area contributed by atoms with Crippen molar-refractivity contribution in [1.29, 1.82) is 0 Å². The molecule has 0 spiro atoms. The van der Waals surface area contributed by atoms with Gasteiger partial charge in [-0.3, -0.25) is 0 Å². The van der Waals surface area contributed by atoms with Crippen molar-refractivity contribution in [3.05, 3.63) is 16.1 Å². The minimum absolute atomic E-state index is 0.119. The van der Waals surface area contributed by atoms with Gasteiger partial charge < -0.3 is 15.1 Å². The number of amides is 2. The van der Waals surface area contributed by atoms with Crippen molar-refractivity contribution in [3.8, 4) is 0 Å². The number of hydrogen-bond acceptors (Lipinski definition) is 4. The van der Waals surface area contributed by atoms with Crippen LogP contribution in [0.5, 0.6) is 0 Å². The van der Waals surface area contributed by atoms with Crippen molar-refractivity contribution in [3.63, 3.8) is 0 Å².